The van der Waals surface area contributed by atoms with Gasteiger partial charge in [0.1, 0.15) is 5.76 Å². The molecular formula is C18H22N2O4S. The summed E-state index contributed by atoms with van der Waals surface area (Å²) in [6, 6.07) is 10.3. The Morgan fingerprint density at radius 3 is 2.64 bits per heavy atom. The minimum Gasteiger partial charge on any atom is -0.456 e. The highest BCUT2D eigenvalue weighted by Crippen LogP contribution is 2.20. The van der Waals surface area contributed by atoms with Gasteiger partial charge in [0.25, 0.3) is 5.91 Å². The fourth-order valence-electron chi connectivity index (χ4n) is 2.89. The average molecular weight is 362 g/mol. The molecule has 1 aliphatic heterocycles. The van der Waals surface area contributed by atoms with Gasteiger partial charge < -0.3 is 9.73 Å². The third kappa shape index (κ3) is 4.29. The van der Waals surface area contributed by atoms with Gasteiger partial charge in [-0.3, -0.25) is 4.79 Å². The van der Waals surface area contributed by atoms with Gasteiger partial charge in [-0.2, -0.15) is 0 Å². The van der Waals surface area contributed by atoms with Crippen molar-refractivity contribution >= 4 is 21.6 Å². The van der Waals surface area contributed by atoms with E-state index in [4.69, 9.17) is 4.42 Å². The van der Waals surface area contributed by atoms with Crippen molar-refractivity contribution in [2.45, 2.75) is 31.9 Å². The molecule has 1 aromatic carbocycles. The Labute approximate surface area is 147 Å². The molecule has 0 bridgehead atoms. The smallest absolute Gasteiger partial charge is 0.291 e. The van der Waals surface area contributed by atoms with Gasteiger partial charge in [0.05, 0.1) is 5.75 Å². The number of aryl methyl sites for hydroxylation is 1. The first-order chi connectivity index (χ1) is 12.0. The fourth-order valence-corrected chi connectivity index (χ4v) is 4.49. The number of hydrogen-bond donors (Lipinski definition) is 1. The molecule has 0 spiro atoms. The summed E-state index contributed by atoms with van der Waals surface area (Å²) < 4.78 is 31.8. The molecule has 1 N–H and O–H groups in total. The van der Waals surface area contributed by atoms with E-state index in [0.717, 1.165) is 25.0 Å². The molecule has 2 aromatic rings. The second-order valence-corrected chi connectivity index (χ2v) is 8.11. The maximum atomic E-state index is 12.4. The number of carbonyl (C=O) groups is 1. The van der Waals surface area contributed by atoms with Crippen LogP contribution in [0.5, 0.6) is 0 Å². The highest BCUT2D eigenvalue weighted by atomic mass is 32.2. The molecule has 0 unspecified atom stereocenters. The number of nitrogens with one attached hydrogen (secondary N) is 1. The topological polar surface area (TPSA) is 79.6 Å². The monoisotopic (exact) mass is 362 g/mol. The number of rotatable bonds is 6. The number of carbonyl (C=O) groups excluding carboxylic acids is 1. The normalized spacial score (nSPS) is 15.4. The van der Waals surface area contributed by atoms with Crippen molar-refractivity contribution in [1.82, 2.24) is 4.31 Å². The molecular weight excluding hydrogens is 340 g/mol. The number of nitrogens with zero attached hydrogens (tertiary/aromatic N) is 1. The van der Waals surface area contributed by atoms with Gasteiger partial charge in [-0.1, -0.05) is 19.1 Å². The van der Waals surface area contributed by atoms with Crippen LogP contribution >= 0.6 is 0 Å². The van der Waals surface area contributed by atoms with Gasteiger partial charge >= 0.3 is 0 Å². The maximum absolute atomic E-state index is 12.4. The number of hydrogen-bond acceptors (Lipinski definition) is 4. The van der Waals surface area contributed by atoms with Crippen LogP contribution in [-0.2, 0) is 22.2 Å². The molecule has 0 saturated carbocycles. The standard InChI is InChI=1S/C18H22N2O4S/c1-2-16-8-9-17(24-16)18(21)19-15-7-5-6-14(12-15)13-25(22,23)20-10-3-4-11-20/h5-9,12H,2-4,10-11,13H2,1H3,(H,19,21). The molecule has 1 aromatic heterocycles. The van der Waals surface area contributed by atoms with Crippen LogP contribution in [0.25, 0.3) is 0 Å². The first-order valence-electron chi connectivity index (χ1n) is 8.45. The summed E-state index contributed by atoms with van der Waals surface area (Å²) >= 11 is 0. The molecule has 134 valence electrons. The largest absolute Gasteiger partial charge is 0.456 e. The van der Waals surface area contributed by atoms with Gasteiger partial charge in [-0.25, -0.2) is 12.7 Å². The lowest BCUT2D eigenvalue weighted by Crippen LogP contribution is -2.29. The van der Waals surface area contributed by atoms with E-state index in [1.807, 2.05) is 6.92 Å². The predicted octanol–water partition coefficient (Wildman–Crippen LogP) is 3.02. The van der Waals surface area contributed by atoms with Gasteiger partial charge in [-0.15, -0.1) is 0 Å². The van der Waals surface area contributed by atoms with Gasteiger partial charge in [0.15, 0.2) is 5.76 Å². The van der Waals surface area contributed by atoms with E-state index in [9.17, 15) is 13.2 Å². The average Bonchev–Trinajstić information content (AvgIpc) is 3.27. The summed E-state index contributed by atoms with van der Waals surface area (Å²) in [5.74, 6) is 0.582. The Hall–Kier alpha value is -2.12. The third-order valence-electron chi connectivity index (χ3n) is 4.23. The first-order valence-corrected chi connectivity index (χ1v) is 10.1. The lowest BCUT2D eigenvalue weighted by molar-refractivity contribution is 0.0995. The highest BCUT2D eigenvalue weighted by molar-refractivity contribution is 7.88. The fraction of sp³-hybridized carbons (Fsp3) is 0.389. The number of anilines is 1. The summed E-state index contributed by atoms with van der Waals surface area (Å²) in [5, 5.41) is 2.75. The zero-order valence-corrected chi connectivity index (χ0v) is 15.0. The van der Waals surface area contributed by atoms with Crippen LogP contribution in [-0.4, -0.2) is 31.7 Å². The van der Waals surface area contributed by atoms with Crippen LogP contribution in [0, 0.1) is 0 Å². The van der Waals surface area contributed by atoms with E-state index < -0.39 is 10.0 Å². The van der Waals surface area contributed by atoms with Crippen LogP contribution in [0.2, 0.25) is 0 Å². The van der Waals surface area contributed by atoms with Gasteiger partial charge in [0.2, 0.25) is 10.0 Å². The number of sulfonamides is 1. The molecule has 25 heavy (non-hydrogen) atoms. The molecule has 2 heterocycles. The second kappa shape index (κ2) is 7.41. The highest BCUT2D eigenvalue weighted by Gasteiger charge is 2.25. The SMILES string of the molecule is CCc1ccc(C(=O)Nc2cccc(CS(=O)(=O)N3CCCC3)c2)o1. The first kappa shape index (κ1) is 17.7. The molecule has 0 aliphatic carbocycles. The second-order valence-electron chi connectivity index (χ2n) is 6.14. The summed E-state index contributed by atoms with van der Waals surface area (Å²) in [5.41, 5.74) is 1.20. The van der Waals surface area contributed by atoms with Crippen molar-refractivity contribution in [3.63, 3.8) is 0 Å². The van der Waals surface area contributed by atoms with E-state index >= 15 is 0 Å². The summed E-state index contributed by atoms with van der Waals surface area (Å²) in [6.07, 6.45) is 2.55. The molecule has 3 rings (SSSR count). The molecule has 7 heteroatoms. The zero-order chi connectivity index (χ0) is 17.9. The number of furan rings is 1. The zero-order valence-electron chi connectivity index (χ0n) is 14.2. The minimum absolute atomic E-state index is 0.0581. The lowest BCUT2D eigenvalue weighted by Gasteiger charge is -2.15. The Morgan fingerprint density at radius 1 is 1.20 bits per heavy atom. The molecule has 6 nitrogen and oxygen atoms in total. The van der Waals surface area contributed by atoms with E-state index in [1.54, 1.807) is 36.4 Å². The van der Waals surface area contributed by atoms with Crippen LogP contribution in [0.4, 0.5) is 5.69 Å². The summed E-state index contributed by atoms with van der Waals surface area (Å²) in [7, 11) is -3.31. The van der Waals surface area contributed by atoms with E-state index in [-0.39, 0.29) is 17.4 Å². The Balaban J connectivity index is 1.69. The van der Waals surface area contributed by atoms with Crippen molar-refractivity contribution in [3.05, 3.63) is 53.5 Å². The quantitative estimate of drug-likeness (QED) is 0.857. The van der Waals surface area contributed by atoms with Crippen molar-refractivity contribution in [3.8, 4) is 0 Å². The Kier molecular flexibility index (Phi) is 5.24. The summed E-state index contributed by atoms with van der Waals surface area (Å²) in [6.45, 7) is 3.14. The molecule has 1 saturated heterocycles. The molecule has 1 aliphatic rings. The Morgan fingerprint density at radius 2 is 1.96 bits per heavy atom. The van der Waals surface area contributed by atoms with Crippen LogP contribution in [0.3, 0.4) is 0 Å². The van der Waals surface area contributed by atoms with Crippen molar-refractivity contribution in [2.24, 2.45) is 0 Å². The van der Waals surface area contributed by atoms with Crippen molar-refractivity contribution in [1.29, 1.82) is 0 Å². The van der Waals surface area contributed by atoms with Gasteiger partial charge in [-0.05, 0) is 42.7 Å². The van der Waals surface area contributed by atoms with Gasteiger partial charge in [0, 0.05) is 25.2 Å². The molecule has 0 atom stereocenters. The van der Waals surface area contributed by atoms with E-state index in [2.05, 4.69) is 5.32 Å². The van der Waals surface area contributed by atoms with Crippen molar-refractivity contribution < 1.29 is 17.6 Å². The number of benzene rings is 1. The molecule has 1 amide bonds. The molecule has 0 radical (unpaired) electrons. The van der Waals surface area contributed by atoms with Crippen molar-refractivity contribution in [2.75, 3.05) is 18.4 Å². The minimum atomic E-state index is -3.31. The summed E-state index contributed by atoms with van der Waals surface area (Å²) in [4.78, 5) is 12.2. The molecule has 1 fully saturated rings. The Bertz CT molecular complexity index is 851. The third-order valence-corrected chi connectivity index (χ3v) is 6.08. The number of amides is 1. The van der Waals surface area contributed by atoms with Crippen LogP contribution < -0.4 is 5.32 Å². The lowest BCUT2D eigenvalue weighted by atomic mass is 10.2. The van der Waals surface area contributed by atoms with Crippen LogP contribution in [0.15, 0.2) is 40.8 Å². The predicted molar refractivity (Wildman–Crippen MR) is 95.9 cm³/mol. The van der Waals surface area contributed by atoms with Crippen LogP contribution in [0.1, 0.15) is 41.6 Å². The van der Waals surface area contributed by atoms with E-state index in [1.165, 1.54) is 4.31 Å². The van der Waals surface area contributed by atoms with E-state index in [0.29, 0.717) is 24.3 Å². The maximum Gasteiger partial charge on any atom is 0.291 e.